The standard InChI is InChI=1S/C19H21NO/c21-19-10-17-12-20(13-18(17)19)11-14-6-8-16(9-7-14)15-4-2-1-3-5-15/h1-9,17-19,21H,10-13H2/t17-,18+,19-/m1/s1. The molecule has 2 aliphatic rings. The quantitative estimate of drug-likeness (QED) is 0.933. The van der Waals surface area contributed by atoms with Gasteiger partial charge in [-0.15, -0.1) is 0 Å². The largest absolute Gasteiger partial charge is 0.393 e. The van der Waals surface area contributed by atoms with Crippen LogP contribution < -0.4 is 0 Å². The Bertz CT molecular complexity index is 607. The number of likely N-dealkylation sites (tertiary alicyclic amines) is 1. The third-order valence-electron chi connectivity index (χ3n) is 5.07. The van der Waals surface area contributed by atoms with Crippen molar-refractivity contribution in [2.24, 2.45) is 11.8 Å². The Morgan fingerprint density at radius 3 is 2.29 bits per heavy atom. The molecular formula is C19H21NO. The average molecular weight is 279 g/mol. The summed E-state index contributed by atoms with van der Waals surface area (Å²) in [4.78, 5) is 2.49. The van der Waals surface area contributed by atoms with E-state index < -0.39 is 0 Å². The molecule has 1 N–H and O–H groups in total. The van der Waals surface area contributed by atoms with Crippen molar-refractivity contribution in [2.45, 2.75) is 19.1 Å². The monoisotopic (exact) mass is 279 g/mol. The highest BCUT2D eigenvalue weighted by Crippen LogP contribution is 2.41. The van der Waals surface area contributed by atoms with Gasteiger partial charge in [0.1, 0.15) is 0 Å². The molecule has 21 heavy (non-hydrogen) atoms. The van der Waals surface area contributed by atoms with E-state index in [-0.39, 0.29) is 6.10 Å². The van der Waals surface area contributed by atoms with Crippen LogP contribution in [0, 0.1) is 11.8 Å². The molecule has 2 fully saturated rings. The molecule has 0 unspecified atom stereocenters. The fraction of sp³-hybridized carbons (Fsp3) is 0.368. The van der Waals surface area contributed by atoms with Crippen molar-refractivity contribution in [3.63, 3.8) is 0 Å². The van der Waals surface area contributed by atoms with Crippen molar-refractivity contribution in [3.05, 3.63) is 60.2 Å². The number of hydrogen-bond acceptors (Lipinski definition) is 2. The summed E-state index contributed by atoms with van der Waals surface area (Å²) in [6, 6.07) is 19.4. The third-order valence-corrected chi connectivity index (χ3v) is 5.07. The van der Waals surface area contributed by atoms with E-state index in [0.29, 0.717) is 5.92 Å². The minimum atomic E-state index is -0.0412. The van der Waals surface area contributed by atoms with E-state index in [4.69, 9.17) is 0 Å². The van der Waals surface area contributed by atoms with E-state index in [9.17, 15) is 5.11 Å². The van der Waals surface area contributed by atoms with Gasteiger partial charge < -0.3 is 5.11 Å². The van der Waals surface area contributed by atoms with Crippen molar-refractivity contribution in [1.29, 1.82) is 0 Å². The average Bonchev–Trinajstić information content (AvgIpc) is 2.85. The first-order valence-corrected chi connectivity index (χ1v) is 7.84. The second kappa shape index (κ2) is 5.28. The topological polar surface area (TPSA) is 23.5 Å². The van der Waals surface area contributed by atoms with E-state index in [0.717, 1.165) is 32.0 Å². The Balaban J connectivity index is 1.43. The van der Waals surface area contributed by atoms with Crippen LogP contribution in [0.2, 0.25) is 0 Å². The molecule has 0 amide bonds. The molecule has 0 radical (unpaired) electrons. The molecule has 0 aromatic heterocycles. The van der Waals surface area contributed by atoms with Crippen molar-refractivity contribution >= 4 is 0 Å². The van der Waals surface area contributed by atoms with Crippen LogP contribution in [0.25, 0.3) is 11.1 Å². The number of aliphatic hydroxyl groups excluding tert-OH is 1. The maximum Gasteiger partial charge on any atom is 0.0587 e. The third kappa shape index (κ3) is 2.50. The second-order valence-electron chi connectivity index (χ2n) is 6.48. The van der Waals surface area contributed by atoms with Crippen LogP contribution in [0.1, 0.15) is 12.0 Å². The highest BCUT2D eigenvalue weighted by Gasteiger charge is 2.45. The molecule has 108 valence electrons. The first-order chi connectivity index (χ1) is 10.3. The van der Waals surface area contributed by atoms with Crippen molar-refractivity contribution in [1.82, 2.24) is 4.90 Å². The van der Waals surface area contributed by atoms with Gasteiger partial charge in [0.05, 0.1) is 6.10 Å². The summed E-state index contributed by atoms with van der Waals surface area (Å²) in [5.41, 5.74) is 3.91. The SMILES string of the molecule is O[C@@H]1C[C@@H]2CN(Cc3ccc(-c4ccccc4)cc3)C[C@@H]21. The van der Waals surface area contributed by atoms with Crippen molar-refractivity contribution in [2.75, 3.05) is 13.1 Å². The fourth-order valence-corrected chi connectivity index (χ4v) is 3.78. The number of rotatable bonds is 3. The Morgan fingerprint density at radius 1 is 0.905 bits per heavy atom. The second-order valence-corrected chi connectivity index (χ2v) is 6.48. The van der Waals surface area contributed by atoms with Crippen molar-refractivity contribution in [3.8, 4) is 11.1 Å². The lowest BCUT2D eigenvalue weighted by atomic mass is 9.74. The van der Waals surface area contributed by atoms with E-state index >= 15 is 0 Å². The van der Waals surface area contributed by atoms with Crippen LogP contribution in [0.15, 0.2) is 54.6 Å². The van der Waals surface area contributed by atoms with Crippen LogP contribution in [-0.4, -0.2) is 29.2 Å². The minimum absolute atomic E-state index is 0.0412. The van der Waals surface area contributed by atoms with Gasteiger partial charge in [0, 0.05) is 25.6 Å². The molecule has 1 saturated heterocycles. The Kier molecular flexibility index (Phi) is 3.28. The van der Waals surface area contributed by atoms with Gasteiger partial charge in [-0.25, -0.2) is 0 Å². The number of aliphatic hydroxyl groups is 1. The molecule has 0 bridgehead atoms. The van der Waals surface area contributed by atoms with Gasteiger partial charge in [-0.2, -0.15) is 0 Å². The molecule has 2 heteroatoms. The molecule has 3 atom stereocenters. The number of nitrogens with zero attached hydrogens (tertiary/aromatic N) is 1. The molecule has 2 nitrogen and oxygen atoms in total. The van der Waals surface area contributed by atoms with Gasteiger partial charge in [0.2, 0.25) is 0 Å². The molecule has 4 rings (SSSR count). The van der Waals surface area contributed by atoms with Gasteiger partial charge in [-0.05, 0) is 29.0 Å². The molecule has 1 saturated carbocycles. The zero-order valence-corrected chi connectivity index (χ0v) is 12.2. The van der Waals surface area contributed by atoms with Crippen LogP contribution in [0.3, 0.4) is 0 Å². The lowest BCUT2D eigenvalue weighted by molar-refractivity contribution is -0.00435. The van der Waals surface area contributed by atoms with E-state index in [2.05, 4.69) is 53.4 Å². The van der Waals surface area contributed by atoms with E-state index in [1.54, 1.807) is 0 Å². The number of benzene rings is 2. The van der Waals surface area contributed by atoms with Gasteiger partial charge in [-0.3, -0.25) is 4.90 Å². The summed E-state index contributed by atoms with van der Waals surface area (Å²) in [6.07, 6.45) is 0.967. The van der Waals surface area contributed by atoms with E-state index in [1.165, 1.54) is 16.7 Å². The van der Waals surface area contributed by atoms with E-state index in [1.807, 2.05) is 6.07 Å². The summed E-state index contributed by atoms with van der Waals surface area (Å²) in [5.74, 6) is 1.28. The first kappa shape index (κ1) is 13.1. The highest BCUT2D eigenvalue weighted by molar-refractivity contribution is 5.63. The molecular weight excluding hydrogens is 258 g/mol. The van der Waals surface area contributed by atoms with Crippen LogP contribution >= 0.6 is 0 Å². The molecule has 1 aliphatic heterocycles. The van der Waals surface area contributed by atoms with Gasteiger partial charge in [-0.1, -0.05) is 54.6 Å². The molecule has 2 aromatic carbocycles. The molecule has 1 aliphatic carbocycles. The predicted molar refractivity (Wildman–Crippen MR) is 84.8 cm³/mol. The van der Waals surface area contributed by atoms with Crippen LogP contribution in [0.5, 0.6) is 0 Å². The molecule has 0 spiro atoms. The van der Waals surface area contributed by atoms with Gasteiger partial charge >= 0.3 is 0 Å². The number of hydrogen-bond donors (Lipinski definition) is 1. The summed E-state index contributed by atoms with van der Waals surface area (Å²) in [5, 5.41) is 9.74. The zero-order valence-electron chi connectivity index (χ0n) is 12.2. The van der Waals surface area contributed by atoms with Crippen LogP contribution in [0.4, 0.5) is 0 Å². The normalized spacial score (nSPS) is 28.1. The lowest BCUT2D eigenvalue weighted by Gasteiger charge is -2.35. The fourth-order valence-electron chi connectivity index (χ4n) is 3.78. The Morgan fingerprint density at radius 2 is 1.62 bits per heavy atom. The smallest absolute Gasteiger partial charge is 0.0587 e. The van der Waals surface area contributed by atoms with Crippen molar-refractivity contribution < 1.29 is 5.11 Å². The molecule has 1 heterocycles. The Labute approximate surface area is 126 Å². The van der Waals surface area contributed by atoms with Gasteiger partial charge in [0.15, 0.2) is 0 Å². The summed E-state index contributed by atoms with van der Waals surface area (Å²) < 4.78 is 0. The van der Waals surface area contributed by atoms with Gasteiger partial charge in [0.25, 0.3) is 0 Å². The lowest BCUT2D eigenvalue weighted by Crippen LogP contribution is -2.39. The Hall–Kier alpha value is -1.64. The summed E-state index contributed by atoms with van der Waals surface area (Å²) in [6.45, 7) is 3.23. The summed E-state index contributed by atoms with van der Waals surface area (Å²) >= 11 is 0. The minimum Gasteiger partial charge on any atom is -0.393 e. The summed E-state index contributed by atoms with van der Waals surface area (Å²) in [7, 11) is 0. The molecule has 2 aromatic rings. The van der Waals surface area contributed by atoms with Crippen LogP contribution in [-0.2, 0) is 6.54 Å². The maximum absolute atomic E-state index is 9.74. The number of fused-ring (bicyclic) bond motifs is 1. The first-order valence-electron chi connectivity index (χ1n) is 7.84. The maximum atomic E-state index is 9.74. The predicted octanol–water partition coefficient (Wildman–Crippen LogP) is 3.17. The highest BCUT2D eigenvalue weighted by atomic mass is 16.3. The zero-order chi connectivity index (χ0) is 14.2.